The molecule has 1 saturated heterocycles. The molecule has 0 unspecified atom stereocenters. The van der Waals surface area contributed by atoms with Gasteiger partial charge >= 0.3 is 0 Å². The molecule has 3 atom stereocenters. The van der Waals surface area contributed by atoms with E-state index >= 15 is 0 Å². The molecule has 0 aromatic carbocycles. The Bertz CT molecular complexity index is 248. The first-order valence-corrected chi connectivity index (χ1v) is 6.04. The van der Waals surface area contributed by atoms with Crippen molar-refractivity contribution in [2.24, 2.45) is 23.7 Å². The maximum atomic E-state index is 11.0. The average Bonchev–Trinajstić information content (AvgIpc) is 2.31. The van der Waals surface area contributed by atoms with Crippen LogP contribution in [0.1, 0.15) is 13.8 Å². The Morgan fingerprint density at radius 1 is 1.18 bits per heavy atom. The van der Waals surface area contributed by atoms with E-state index < -0.39 is 9.84 Å². The number of sulfone groups is 1. The van der Waals surface area contributed by atoms with Gasteiger partial charge in [-0.2, -0.15) is 0 Å². The zero-order valence-electron chi connectivity index (χ0n) is 6.95. The molecule has 0 spiro atoms. The SMILES string of the molecule is CC(C)[C@H]1[C@@H]2CS(=O)(=O)C[C@@H]21. The highest BCUT2D eigenvalue weighted by atomic mass is 32.2. The summed E-state index contributed by atoms with van der Waals surface area (Å²) in [5, 5.41) is 0. The second-order valence-corrected chi connectivity index (χ2v) is 6.38. The highest BCUT2D eigenvalue weighted by Gasteiger charge is 2.59. The lowest BCUT2D eigenvalue weighted by atomic mass is 10.1. The van der Waals surface area contributed by atoms with Gasteiger partial charge in [0.05, 0.1) is 11.5 Å². The molecule has 0 aromatic heterocycles. The first kappa shape index (κ1) is 7.59. The summed E-state index contributed by atoms with van der Waals surface area (Å²) in [6.07, 6.45) is 0. The lowest BCUT2D eigenvalue weighted by molar-refractivity contribution is 0.502. The van der Waals surface area contributed by atoms with E-state index in [2.05, 4.69) is 13.8 Å². The molecule has 3 heteroatoms. The number of fused-ring (bicyclic) bond motifs is 1. The van der Waals surface area contributed by atoms with Gasteiger partial charge < -0.3 is 0 Å². The van der Waals surface area contributed by atoms with Crippen LogP contribution in [0.3, 0.4) is 0 Å². The molecule has 0 radical (unpaired) electrons. The smallest absolute Gasteiger partial charge is 0.150 e. The Hall–Kier alpha value is -0.0500. The van der Waals surface area contributed by atoms with Gasteiger partial charge in [0.1, 0.15) is 0 Å². The van der Waals surface area contributed by atoms with Gasteiger partial charge in [-0.15, -0.1) is 0 Å². The predicted octanol–water partition coefficient (Wildman–Crippen LogP) is 0.933. The minimum absolute atomic E-state index is 0.473. The Labute approximate surface area is 67.9 Å². The summed E-state index contributed by atoms with van der Waals surface area (Å²) < 4.78 is 22.1. The van der Waals surface area contributed by atoms with Gasteiger partial charge in [0.2, 0.25) is 0 Å². The first-order valence-electron chi connectivity index (χ1n) is 4.22. The fourth-order valence-electron chi connectivity index (χ4n) is 2.59. The van der Waals surface area contributed by atoms with Crippen molar-refractivity contribution >= 4 is 9.84 Å². The van der Waals surface area contributed by atoms with E-state index in [1.807, 2.05) is 0 Å². The van der Waals surface area contributed by atoms with Gasteiger partial charge in [0.25, 0.3) is 0 Å². The van der Waals surface area contributed by atoms with Crippen LogP contribution in [-0.2, 0) is 9.84 Å². The summed E-state index contributed by atoms with van der Waals surface area (Å²) in [5.41, 5.74) is 0. The predicted molar refractivity (Wildman–Crippen MR) is 44.0 cm³/mol. The first-order chi connectivity index (χ1) is 5.01. The van der Waals surface area contributed by atoms with Gasteiger partial charge in [-0.1, -0.05) is 13.8 Å². The van der Waals surface area contributed by atoms with Crippen molar-refractivity contribution in [3.63, 3.8) is 0 Å². The quantitative estimate of drug-likeness (QED) is 0.592. The standard InChI is InChI=1S/C8H14O2S/c1-5(2)8-6-3-11(9,10)4-7(6)8/h5-8H,3-4H2,1-2H3/t6-,7+,8+. The highest BCUT2D eigenvalue weighted by molar-refractivity contribution is 7.91. The van der Waals surface area contributed by atoms with Gasteiger partial charge in [-0.25, -0.2) is 8.42 Å². The Kier molecular flexibility index (Phi) is 1.38. The van der Waals surface area contributed by atoms with Crippen molar-refractivity contribution in [2.75, 3.05) is 11.5 Å². The molecule has 1 heterocycles. The van der Waals surface area contributed by atoms with E-state index in [1.54, 1.807) is 0 Å². The van der Waals surface area contributed by atoms with E-state index in [0.29, 0.717) is 29.3 Å². The third kappa shape index (κ3) is 1.10. The summed E-state index contributed by atoms with van der Waals surface area (Å²) in [7, 11) is -2.61. The van der Waals surface area contributed by atoms with Crippen LogP contribution in [0.4, 0.5) is 0 Å². The number of hydrogen-bond donors (Lipinski definition) is 0. The highest BCUT2D eigenvalue weighted by Crippen LogP contribution is 2.56. The third-order valence-electron chi connectivity index (χ3n) is 3.06. The summed E-state index contributed by atoms with van der Waals surface area (Å²) >= 11 is 0. The molecule has 0 bridgehead atoms. The average molecular weight is 174 g/mol. The zero-order valence-corrected chi connectivity index (χ0v) is 7.76. The number of hydrogen-bond acceptors (Lipinski definition) is 2. The second kappa shape index (κ2) is 2.00. The molecular weight excluding hydrogens is 160 g/mol. The molecule has 1 aliphatic carbocycles. The van der Waals surface area contributed by atoms with Crippen molar-refractivity contribution in [3.8, 4) is 0 Å². The van der Waals surface area contributed by atoms with Crippen molar-refractivity contribution in [3.05, 3.63) is 0 Å². The molecular formula is C8H14O2S. The van der Waals surface area contributed by atoms with Gasteiger partial charge in [0, 0.05) is 0 Å². The fraction of sp³-hybridized carbons (Fsp3) is 1.00. The normalized spacial score (nSPS) is 45.9. The second-order valence-electron chi connectivity index (χ2n) is 4.23. The minimum Gasteiger partial charge on any atom is -0.229 e. The van der Waals surface area contributed by atoms with Crippen molar-refractivity contribution < 1.29 is 8.42 Å². The molecule has 2 nitrogen and oxygen atoms in total. The van der Waals surface area contributed by atoms with E-state index in [9.17, 15) is 8.42 Å². The molecule has 2 rings (SSSR count). The molecule has 0 aromatic rings. The largest absolute Gasteiger partial charge is 0.229 e. The third-order valence-corrected chi connectivity index (χ3v) is 4.85. The Morgan fingerprint density at radius 3 is 2.00 bits per heavy atom. The minimum atomic E-state index is -2.61. The van der Waals surface area contributed by atoms with Crippen LogP contribution in [0.15, 0.2) is 0 Å². The fourth-order valence-corrected chi connectivity index (χ4v) is 4.84. The van der Waals surface area contributed by atoms with Gasteiger partial charge in [-0.3, -0.25) is 0 Å². The molecule has 0 N–H and O–H groups in total. The van der Waals surface area contributed by atoms with E-state index in [4.69, 9.17) is 0 Å². The lowest BCUT2D eigenvalue weighted by Crippen LogP contribution is -2.12. The molecule has 1 aliphatic heterocycles. The maximum Gasteiger partial charge on any atom is 0.150 e. The van der Waals surface area contributed by atoms with E-state index in [1.165, 1.54) is 0 Å². The monoisotopic (exact) mass is 174 g/mol. The topological polar surface area (TPSA) is 34.1 Å². The summed E-state index contributed by atoms with van der Waals surface area (Å²) in [4.78, 5) is 0. The molecule has 0 amide bonds. The van der Waals surface area contributed by atoms with Crippen LogP contribution in [0, 0.1) is 23.7 Å². The lowest BCUT2D eigenvalue weighted by Gasteiger charge is -2.06. The molecule has 2 fully saturated rings. The summed E-state index contributed by atoms with van der Waals surface area (Å²) in [6.45, 7) is 4.38. The maximum absolute atomic E-state index is 11.0. The Morgan fingerprint density at radius 2 is 1.64 bits per heavy atom. The Balaban J connectivity index is 2.06. The zero-order chi connectivity index (χ0) is 8.22. The molecule has 2 aliphatic rings. The van der Waals surface area contributed by atoms with Crippen LogP contribution < -0.4 is 0 Å². The summed E-state index contributed by atoms with van der Waals surface area (Å²) in [5.74, 6) is 3.40. The van der Waals surface area contributed by atoms with Crippen molar-refractivity contribution in [1.29, 1.82) is 0 Å². The van der Waals surface area contributed by atoms with Crippen molar-refractivity contribution in [2.45, 2.75) is 13.8 Å². The van der Waals surface area contributed by atoms with Crippen LogP contribution in [-0.4, -0.2) is 19.9 Å². The van der Waals surface area contributed by atoms with Crippen LogP contribution >= 0.6 is 0 Å². The summed E-state index contributed by atoms with van der Waals surface area (Å²) in [6, 6.07) is 0. The van der Waals surface area contributed by atoms with E-state index in [0.717, 1.165) is 5.92 Å². The number of rotatable bonds is 1. The molecule has 1 saturated carbocycles. The van der Waals surface area contributed by atoms with Crippen molar-refractivity contribution in [1.82, 2.24) is 0 Å². The van der Waals surface area contributed by atoms with Crippen LogP contribution in [0.5, 0.6) is 0 Å². The van der Waals surface area contributed by atoms with Gasteiger partial charge in [0.15, 0.2) is 9.84 Å². The molecule has 11 heavy (non-hydrogen) atoms. The van der Waals surface area contributed by atoms with Crippen LogP contribution in [0.25, 0.3) is 0 Å². The van der Waals surface area contributed by atoms with E-state index in [-0.39, 0.29) is 0 Å². The van der Waals surface area contributed by atoms with Crippen LogP contribution in [0.2, 0.25) is 0 Å². The molecule has 64 valence electrons. The van der Waals surface area contributed by atoms with Gasteiger partial charge in [-0.05, 0) is 23.7 Å².